The minimum absolute atomic E-state index is 0.324. The predicted octanol–water partition coefficient (Wildman–Crippen LogP) is 4.90. The largest absolute Gasteiger partial charge is 0.493 e. The molecule has 1 N–H and O–H groups in total. The summed E-state index contributed by atoms with van der Waals surface area (Å²) in [6.07, 6.45) is 2.19. The van der Waals surface area contributed by atoms with Gasteiger partial charge in [-0.1, -0.05) is 24.3 Å². The van der Waals surface area contributed by atoms with Crippen LogP contribution in [-0.2, 0) is 4.79 Å². The maximum absolute atomic E-state index is 10.6. The second-order valence-corrected chi connectivity index (χ2v) is 4.86. The van der Waals surface area contributed by atoms with E-state index < -0.39 is 5.97 Å². The van der Waals surface area contributed by atoms with Crippen LogP contribution < -0.4 is 4.74 Å². The number of ether oxygens (including phenoxy) is 1. The van der Waals surface area contributed by atoms with Gasteiger partial charge in [0.2, 0.25) is 0 Å². The minimum atomic E-state index is -0.905. The zero-order chi connectivity index (χ0) is 16.5. The maximum Gasteiger partial charge on any atom is 0.330 e. The Labute approximate surface area is 135 Å². The van der Waals surface area contributed by atoms with Crippen molar-refractivity contribution in [3.63, 3.8) is 0 Å². The van der Waals surface area contributed by atoms with E-state index in [0.717, 1.165) is 11.4 Å². The van der Waals surface area contributed by atoms with Crippen LogP contribution in [-0.4, -0.2) is 17.7 Å². The number of azo groups is 1. The van der Waals surface area contributed by atoms with Crippen molar-refractivity contribution in [1.82, 2.24) is 0 Å². The highest BCUT2D eigenvalue weighted by molar-refractivity contribution is 5.85. The fraction of sp³-hybridized carbons (Fsp3) is 0.167. The third-order valence-electron chi connectivity index (χ3n) is 3.05. The van der Waals surface area contributed by atoms with Gasteiger partial charge in [0.25, 0.3) is 0 Å². The van der Waals surface area contributed by atoms with Crippen LogP contribution in [0.25, 0.3) is 0 Å². The highest BCUT2D eigenvalue weighted by Gasteiger charge is 1.99. The van der Waals surface area contributed by atoms with Crippen LogP contribution in [0, 0.1) is 0 Å². The fourth-order valence-electron chi connectivity index (χ4n) is 1.76. The molecular weight excluding hydrogens is 292 g/mol. The summed E-state index contributed by atoms with van der Waals surface area (Å²) in [5, 5.41) is 17.0. The number of carboxylic acids is 1. The first-order valence-electron chi connectivity index (χ1n) is 7.25. The van der Waals surface area contributed by atoms with Crippen molar-refractivity contribution in [2.45, 2.75) is 13.3 Å². The molecule has 2 aromatic rings. The molecule has 118 valence electrons. The first-order chi connectivity index (χ1) is 11.1. The summed E-state index contributed by atoms with van der Waals surface area (Å²) < 4.78 is 5.54. The molecule has 0 aromatic heterocycles. The first-order valence-corrected chi connectivity index (χ1v) is 7.25. The zero-order valence-electron chi connectivity index (χ0n) is 12.8. The molecule has 0 saturated heterocycles. The lowest BCUT2D eigenvalue weighted by atomic mass is 10.2. The number of carboxylic acid groups (broad SMARTS) is 1. The van der Waals surface area contributed by atoms with Gasteiger partial charge in [-0.15, -0.1) is 0 Å². The summed E-state index contributed by atoms with van der Waals surface area (Å²) in [6, 6.07) is 16.8. The highest BCUT2D eigenvalue weighted by atomic mass is 16.5. The van der Waals surface area contributed by atoms with E-state index in [4.69, 9.17) is 9.84 Å². The van der Waals surface area contributed by atoms with Crippen LogP contribution >= 0.6 is 0 Å². The van der Waals surface area contributed by atoms with Crippen LogP contribution in [0.1, 0.15) is 13.3 Å². The van der Waals surface area contributed by atoms with Gasteiger partial charge in [-0.25, -0.2) is 4.79 Å². The summed E-state index contributed by atoms with van der Waals surface area (Å²) in [5.41, 5.74) is 1.86. The molecule has 5 nitrogen and oxygen atoms in total. The van der Waals surface area contributed by atoms with E-state index >= 15 is 0 Å². The molecule has 0 bridgehead atoms. The fourth-order valence-corrected chi connectivity index (χ4v) is 1.76. The van der Waals surface area contributed by atoms with E-state index in [-0.39, 0.29) is 0 Å². The van der Waals surface area contributed by atoms with Crippen LogP contribution in [0.2, 0.25) is 0 Å². The Hall–Kier alpha value is -2.95. The monoisotopic (exact) mass is 310 g/mol. The molecule has 0 spiro atoms. The van der Waals surface area contributed by atoms with Gasteiger partial charge in [-0.05, 0) is 43.3 Å². The summed E-state index contributed by atoms with van der Waals surface area (Å²) in [7, 11) is 0. The quantitative estimate of drug-likeness (QED) is 0.449. The molecule has 0 amide bonds. The second kappa shape index (κ2) is 8.48. The predicted molar refractivity (Wildman–Crippen MR) is 88.6 cm³/mol. The zero-order valence-corrected chi connectivity index (χ0v) is 12.8. The summed E-state index contributed by atoms with van der Waals surface area (Å²) in [5.74, 6) is -0.192. The van der Waals surface area contributed by atoms with Crippen LogP contribution in [0.4, 0.5) is 11.4 Å². The van der Waals surface area contributed by atoms with E-state index in [2.05, 4.69) is 10.2 Å². The molecule has 2 rings (SSSR count). The van der Waals surface area contributed by atoms with Crippen LogP contribution in [0.5, 0.6) is 5.75 Å². The van der Waals surface area contributed by atoms with Gasteiger partial charge in [0.1, 0.15) is 5.75 Å². The molecule has 5 heteroatoms. The van der Waals surface area contributed by atoms with Crippen molar-refractivity contribution in [2.24, 2.45) is 10.2 Å². The average molecular weight is 310 g/mol. The number of rotatable bonds is 7. The van der Waals surface area contributed by atoms with E-state index in [1.165, 1.54) is 0 Å². The lowest BCUT2D eigenvalue weighted by Crippen LogP contribution is -1.99. The molecule has 23 heavy (non-hydrogen) atoms. The SMILES string of the molecule is C/C(=C\CCOc1ccc(/N=N/c2ccccc2)cc1)C(=O)O. The lowest BCUT2D eigenvalue weighted by molar-refractivity contribution is -0.132. The van der Waals surface area contributed by atoms with Gasteiger partial charge in [-0.2, -0.15) is 10.2 Å². The first kappa shape index (κ1) is 16.4. The van der Waals surface area contributed by atoms with Crippen molar-refractivity contribution in [2.75, 3.05) is 6.61 Å². The third-order valence-corrected chi connectivity index (χ3v) is 3.05. The molecule has 0 saturated carbocycles. The minimum Gasteiger partial charge on any atom is -0.493 e. The van der Waals surface area contributed by atoms with E-state index in [9.17, 15) is 4.79 Å². The van der Waals surface area contributed by atoms with Crippen molar-refractivity contribution in [1.29, 1.82) is 0 Å². The number of hydrogen-bond acceptors (Lipinski definition) is 4. The standard InChI is InChI=1S/C18H18N2O3/c1-14(18(21)22)6-5-13-23-17-11-9-16(10-12-17)20-19-15-7-3-2-4-8-15/h2-4,6-12H,5,13H2,1H3,(H,21,22)/b14-6+,20-19+. The average Bonchev–Trinajstić information content (AvgIpc) is 2.58. The number of aliphatic carboxylic acids is 1. The van der Waals surface area contributed by atoms with Crippen molar-refractivity contribution in [3.05, 3.63) is 66.2 Å². The van der Waals surface area contributed by atoms with Gasteiger partial charge < -0.3 is 9.84 Å². The Morgan fingerprint density at radius 2 is 1.65 bits per heavy atom. The Balaban J connectivity index is 1.84. The molecule has 0 aliphatic heterocycles. The van der Waals surface area contributed by atoms with Crippen molar-refractivity contribution >= 4 is 17.3 Å². The number of carbonyl (C=O) groups is 1. The van der Waals surface area contributed by atoms with E-state index in [0.29, 0.717) is 24.4 Å². The highest BCUT2D eigenvalue weighted by Crippen LogP contribution is 2.21. The van der Waals surface area contributed by atoms with E-state index in [1.807, 2.05) is 54.6 Å². The van der Waals surface area contributed by atoms with E-state index in [1.54, 1.807) is 13.0 Å². The molecular formula is C18H18N2O3. The Kier molecular flexibility index (Phi) is 6.06. The summed E-state index contributed by atoms with van der Waals surface area (Å²) in [4.78, 5) is 10.6. The topological polar surface area (TPSA) is 71.2 Å². The van der Waals surface area contributed by atoms with Gasteiger partial charge in [0, 0.05) is 12.0 Å². The summed E-state index contributed by atoms with van der Waals surface area (Å²) in [6.45, 7) is 1.99. The normalized spacial score (nSPS) is 11.6. The molecule has 0 radical (unpaired) electrons. The van der Waals surface area contributed by atoms with Crippen molar-refractivity contribution < 1.29 is 14.6 Å². The Morgan fingerprint density at radius 1 is 1.04 bits per heavy atom. The second-order valence-electron chi connectivity index (χ2n) is 4.86. The van der Waals surface area contributed by atoms with Crippen LogP contribution in [0.3, 0.4) is 0 Å². The van der Waals surface area contributed by atoms with Gasteiger partial charge in [0.15, 0.2) is 0 Å². The molecule has 2 aromatic carbocycles. The third kappa shape index (κ3) is 5.74. The molecule has 0 aliphatic rings. The Bertz CT molecular complexity index is 692. The molecule has 0 heterocycles. The Morgan fingerprint density at radius 3 is 2.26 bits per heavy atom. The van der Waals surface area contributed by atoms with Crippen molar-refractivity contribution in [3.8, 4) is 5.75 Å². The van der Waals surface area contributed by atoms with Gasteiger partial charge in [-0.3, -0.25) is 0 Å². The molecule has 0 fully saturated rings. The maximum atomic E-state index is 10.6. The molecule has 0 unspecified atom stereocenters. The lowest BCUT2D eigenvalue weighted by Gasteiger charge is -2.04. The van der Waals surface area contributed by atoms with Gasteiger partial charge >= 0.3 is 5.97 Å². The number of nitrogens with zero attached hydrogens (tertiary/aromatic N) is 2. The number of benzene rings is 2. The van der Waals surface area contributed by atoms with Gasteiger partial charge in [0.05, 0.1) is 18.0 Å². The number of hydrogen-bond donors (Lipinski definition) is 1. The smallest absolute Gasteiger partial charge is 0.330 e. The summed E-state index contributed by atoms with van der Waals surface area (Å²) >= 11 is 0. The molecule has 0 aliphatic carbocycles. The van der Waals surface area contributed by atoms with Crippen LogP contribution in [0.15, 0.2) is 76.5 Å². The molecule has 0 atom stereocenters.